The van der Waals surface area contributed by atoms with E-state index >= 15 is 0 Å². The van der Waals surface area contributed by atoms with Crippen LogP contribution in [0.15, 0.2) is 36.5 Å². The van der Waals surface area contributed by atoms with Gasteiger partial charge < -0.3 is 10.1 Å². The molecule has 1 heterocycles. The van der Waals surface area contributed by atoms with Crippen molar-refractivity contribution in [2.75, 3.05) is 0 Å². The average Bonchev–Trinajstić information content (AvgIpc) is 3.10. The first-order chi connectivity index (χ1) is 14.3. The highest BCUT2D eigenvalue weighted by Crippen LogP contribution is 2.27. The number of carbonyl (C=O) groups excluding carboxylic acids is 1. The van der Waals surface area contributed by atoms with E-state index in [2.05, 4.69) is 10.4 Å². The number of amides is 1. The van der Waals surface area contributed by atoms with Gasteiger partial charge in [0.1, 0.15) is 12.3 Å². The first-order valence-corrected chi connectivity index (χ1v) is 9.22. The summed E-state index contributed by atoms with van der Waals surface area (Å²) in [6.07, 6.45) is 1.66. The third kappa shape index (κ3) is 4.73. The van der Waals surface area contributed by atoms with Gasteiger partial charge in [0.15, 0.2) is 17.4 Å². The minimum Gasteiger partial charge on any atom is -0.483 e. The molecule has 0 aliphatic rings. The van der Waals surface area contributed by atoms with Crippen molar-refractivity contribution >= 4 is 17.5 Å². The average molecular weight is 442 g/mol. The molecule has 0 aliphatic heterocycles. The van der Waals surface area contributed by atoms with Crippen molar-refractivity contribution in [2.45, 2.75) is 26.6 Å². The Morgan fingerprint density at radius 2 is 1.77 bits per heavy atom. The van der Waals surface area contributed by atoms with Crippen molar-refractivity contribution in [3.63, 3.8) is 0 Å². The first kappa shape index (κ1) is 21.6. The zero-order valence-corrected chi connectivity index (χ0v) is 16.4. The molecule has 3 aromatic rings. The molecule has 0 bridgehead atoms. The number of aromatic nitrogens is 2. The normalized spacial score (nSPS) is 10.9. The molecule has 10 heteroatoms. The van der Waals surface area contributed by atoms with Crippen LogP contribution in [0.5, 0.6) is 5.75 Å². The Kier molecular flexibility index (Phi) is 6.61. The summed E-state index contributed by atoms with van der Waals surface area (Å²) < 4.78 is 60.2. The molecular weight excluding hydrogens is 426 g/mol. The maximum Gasteiger partial charge on any atom is 0.251 e. The lowest BCUT2D eigenvalue weighted by Crippen LogP contribution is -2.23. The topological polar surface area (TPSA) is 56.2 Å². The zero-order chi connectivity index (χ0) is 21.8. The minimum atomic E-state index is -1.62. The molecule has 1 N–H and O–H groups in total. The molecule has 0 aliphatic carbocycles. The van der Waals surface area contributed by atoms with Crippen LogP contribution >= 0.6 is 11.6 Å². The van der Waals surface area contributed by atoms with Gasteiger partial charge >= 0.3 is 0 Å². The van der Waals surface area contributed by atoms with E-state index < -0.39 is 29.0 Å². The van der Waals surface area contributed by atoms with Crippen molar-refractivity contribution in [1.29, 1.82) is 0 Å². The first-order valence-electron chi connectivity index (χ1n) is 8.85. The number of hydrogen-bond donors (Lipinski definition) is 1. The fraction of sp³-hybridized carbons (Fsp3) is 0.200. The summed E-state index contributed by atoms with van der Waals surface area (Å²) in [5.41, 5.74) is 1.28. The van der Waals surface area contributed by atoms with E-state index in [9.17, 15) is 22.4 Å². The number of halogens is 5. The number of hydrogen-bond acceptors (Lipinski definition) is 3. The predicted octanol–water partition coefficient (Wildman–Crippen LogP) is 4.62. The molecule has 0 spiro atoms. The lowest BCUT2D eigenvalue weighted by atomic mass is 10.1. The Morgan fingerprint density at radius 1 is 1.13 bits per heavy atom. The van der Waals surface area contributed by atoms with Crippen LogP contribution in [-0.4, -0.2) is 15.7 Å². The number of aryl methyl sites for hydroxylation is 1. The van der Waals surface area contributed by atoms with E-state index in [1.807, 2.05) is 6.92 Å². The third-order valence-electron chi connectivity index (χ3n) is 4.20. The number of nitrogens with zero attached hydrogens (tertiary/aromatic N) is 2. The summed E-state index contributed by atoms with van der Waals surface area (Å²) in [6, 6.07) is 6.02. The summed E-state index contributed by atoms with van der Waals surface area (Å²) in [5.74, 6) is -7.87. The lowest BCUT2D eigenvalue weighted by Gasteiger charge is -2.10. The van der Waals surface area contributed by atoms with Crippen molar-refractivity contribution in [1.82, 2.24) is 15.1 Å². The number of benzene rings is 2. The van der Waals surface area contributed by atoms with Gasteiger partial charge in [-0.05, 0) is 24.6 Å². The minimum absolute atomic E-state index is 0.102. The van der Waals surface area contributed by atoms with Crippen LogP contribution in [0.1, 0.15) is 28.5 Å². The molecule has 2 aromatic carbocycles. The summed E-state index contributed by atoms with van der Waals surface area (Å²) in [7, 11) is 0. The van der Waals surface area contributed by atoms with Crippen molar-refractivity contribution < 1.29 is 27.1 Å². The van der Waals surface area contributed by atoms with Crippen molar-refractivity contribution in [3.8, 4) is 5.75 Å². The van der Waals surface area contributed by atoms with Gasteiger partial charge in [-0.15, -0.1) is 0 Å². The second-order valence-corrected chi connectivity index (χ2v) is 6.65. The third-order valence-corrected chi connectivity index (χ3v) is 4.51. The predicted molar refractivity (Wildman–Crippen MR) is 101 cm³/mol. The summed E-state index contributed by atoms with van der Waals surface area (Å²) in [5, 5.41) is 7.35. The number of nitrogens with one attached hydrogen (secondary N) is 1. The summed E-state index contributed by atoms with van der Waals surface area (Å²) >= 11 is 6.05. The highest BCUT2D eigenvalue weighted by Gasteiger charge is 2.20. The Bertz CT molecular complexity index is 1040. The molecule has 0 saturated carbocycles. The molecule has 0 saturated heterocycles. The summed E-state index contributed by atoms with van der Waals surface area (Å²) in [6.45, 7) is 2.33. The Balaban J connectivity index is 1.61. The maximum atomic E-state index is 13.6. The zero-order valence-electron chi connectivity index (χ0n) is 15.7. The number of carbonyl (C=O) groups is 1. The van der Waals surface area contributed by atoms with Gasteiger partial charge in [0.2, 0.25) is 11.6 Å². The van der Waals surface area contributed by atoms with Crippen LogP contribution < -0.4 is 10.1 Å². The smallest absolute Gasteiger partial charge is 0.251 e. The molecule has 5 nitrogen and oxygen atoms in total. The van der Waals surface area contributed by atoms with E-state index in [0.29, 0.717) is 28.4 Å². The fourth-order valence-corrected chi connectivity index (χ4v) is 2.79. The molecule has 0 unspecified atom stereocenters. The second-order valence-electron chi connectivity index (χ2n) is 6.25. The van der Waals surface area contributed by atoms with Crippen LogP contribution in [0.2, 0.25) is 5.02 Å². The highest BCUT2D eigenvalue weighted by atomic mass is 35.5. The van der Waals surface area contributed by atoms with Gasteiger partial charge in [-0.2, -0.15) is 13.9 Å². The number of rotatable bonds is 7. The molecule has 0 radical (unpaired) electrons. The monoisotopic (exact) mass is 441 g/mol. The molecule has 3 rings (SSSR count). The van der Waals surface area contributed by atoms with Crippen molar-refractivity contribution in [2.24, 2.45) is 0 Å². The van der Waals surface area contributed by atoms with Crippen LogP contribution in [0, 0.1) is 23.3 Å². The van der Waals surface area contributed by atoms with Crippen LogP contribution in [0.3, 0.4) is 0 Å². The molecule has 158 valence electrons. The Morgan fingerprint density at radius 3 is 2.33 bits per heavy atom. The highest BCUT2D eigenvalue weighted by molar-refractivity contribution is 6.31. The standard InChI is InChI=1S/C20H16ClF4N3O2/c1-2-28-9-13(21)16(27-28)8-26-20(29)12-5-3-11(4-6-12)10-30-19-17(24)14(22)7-15(23)18(19)25/h3-7,9H,2,8,10H2,1H3,(H,26,29). The van der Waals surface area contributed by atoms with Gasteiger partial charge in [0, 0.05) is 24.4 Å². The van der Waals surface area contributed by atoms with Gasteiger partial charge in [-0.25, -0.2) is 8.78 Å². The van der Waals surface area contributed by atoms with Crippen LogP contribution in [-0.2, 0) is 19.7 Å². The largest absolute Gasteiger partial charge is 0.483 e. The van der Waals surface area contributed by atoms with E-state index in [-0.39, 0.29) is 25.1 Å². The maximum absolute atomic E-state index is 13.6. The molecule has 0 fully saturated rings. The van der Waals surface area contributed by atoms with Crippen molar-refractivity contribution in [3.05, 3.63) is 81.6 Å². The van der Waals surface area contributed by atoms with Gasteiger partial charge in [-0.1, -0.05) is 23.7 Å². The van der Waals surface area contributed by atoms with Crippen LogP contribution in [0.25, 0.3) is 0 Å². The van der Waals surface area contributed by atoms with E-state index in [1.165, 1.54) is 24.3 Å². The Hall–Kier alpha value is -3.07. The molecule has 0 atom stereocenters. The summed E-state index contributed by atoms with van der Waals surface area (Å²) in [4.78, 5) is 12.3. The second kappa shape index (κ2) is 9.17. The van der Waals surface area contributed by atoms with E-state index in [1.54, 1.807) is 10.9 Å². The van der Waals surface area contributed by atoms with Gasteiger partial charge in [0.05, 0.1) is 11.6 Å². The van der Waals surface area contributed by atoms with Gasteiger partial charge in [-0.3, -0.25) is 9.48 Å². The van der Waals surface area contributed by atoms with E-state index in [4.69, 9.17) is 16.3 Å². The number of ether oxygens (including phenoxy) is 1. The molecule has 30 heavy (non-hydrogen) atoms. The quantitative estimate of drug-likeness (QED) is 0.430. The molecular formula is C20H16ClF4N3O2. The Labute approximate surface area is 174 Å². The molecule has 1 amide bonds. The van der Waals surface area contributed by atoms with Gasteiger partial charge in [0.25, 0.3) is 5.91 Å². The van der Waals surface area contributed by atoms with E-state index in [0.717, 1.165) is 0 Å². The lowest BCUT2D eigenvalue weighted by molar-refractivity contribution is 0.0950. The SMILES string of the molecule is CCn1cc(Cl)c(CNC(=O)c2ccc(COc3c(F)c(F)cc(F)c3F)cc2)n1. The van der Waals surface area contributed by atoms with Crippen LogP contribution in [0.4, 0.5) is 17.6 Å². The fourth-order valence-electron chi connectivity index (χ4n) is 2.57. The molecule has 1 aromatic heterocycles.